The van der Waals surface area contributed by atoms with Crippen molar-refractivity contribution in [3.63, 3.8) is 0 Å². The number of rotatable bonds is 5. The molecule has 5 atom stereocenters. The molecule has 0 aromatic carbocycles. The smallest absolute Gasteiger partial charge is 0.326 e. The van der Waals surface area contributed by atoms with Crippen molar-refractivity contribution in [1.29, 1.82) is 0 Å². The number of nitrogens with zero attached hydrogens (tertiary/aromatic N) is 1. The number of nitrogens with one attached hydrogen (secondary N) is 1. The van der Waals surface area contributed by atoms with Gasteiger partial charge in [-0.3, -0.25) is 4.79 Å². The van der Waals surface area contributed by atoms with Crippen molar-refractivity contribution in [3.05, 3.63) is 11.1 Å². The Morgan fingerprint density at radius 1 is 1.55 bits per heavy atom. The van der Waals surface area contributed by atoms with E-state index in [0.717, 1.165) is 22.9 Å². The van der Waals surface area contributed by atoms with E-state index < -0.39 is 12.0 Å². The first-order valence-corrected chi connectivity index (χ1v) is 8.13. The molecule has 0 saturated heterocycles. The van der Waals surface area contributed by atoms with Gasteiger partial charge < -0.3 is 16.2 Å². The second-order valence-electron chi connectivity index (χ2n) is 6.17. The number of carboxylic acids is 1. The van der Waals surface area contributed by atoms with Crippen molar-refractivity contribution in [1.82, 2.24) is 4.98 Å². The molecule has 110 valence electrons. The highest BCUT2D eigenvalue weighted by atomic mass is 32.1. The molecular formula is C14H21N3O2S. The molecule has 3 rings (SSSR count). The number of thiazole rings is 1. The summed E-state index contributed by atoms with van der Waals surface area (Å²) in [6.45, 7) is 2.21. The summed E-state index contributed by atoms with van der Waals surface area (Å²) in [7, 11) is 0. The van der Waals surface area contributed by atoms with E-state index in [2.05, 4.69) is 17.2 Å². The second-order valence-corrected chi connectivity index (χ2v) is 7.02. The number of aromatic nitrogens is 1. The van der Waals surface area contributed by atoms with E-state index in [1.165, 1.54) is 37.0 Å². The first kappa shape index (κ1) is 13.8. The third-order valence-corrected chi connectivity index (χ3v) is 5.68. The molecule has 2 bridgehead atoms. The van der Waals surface area contributed by atoms with Gasteiger partial charge in [0.05, 0.1) is 5.69 Å². The highest BCUT2D eigenvalue weighted by Gasteiger charge is 2.41. The fourth-order valence-corrected chi connectivity index (χ4v) is 4.67. The fraction of sp³-hybridized carbons (Fsp3) is 0.714. The number of fused-ring (bicyclic) bond motifs is 2. The molecule has 20 heavy (non-hydrogen) atoms. The van der Waals surface area contributed by atoms with E-state index in [4.69, 9.17) is 10.8 Å². The van der Waals surface area contributed by atoms with Gasteiger partial charge >= 0.3 is 5.97 Å². The summed E-state index contributed by atoms with van der Waals surface area (Å²) in [5, 5.41) is 14.8. The van der Waals surface area contributed by atoms with Crippen molar-refractivity contribution in [2.45, 2.75) is 44.7 Å². The molecule has 4 N–H and O–H groups in total. The maximum Gasteiger partial charge on any atom is 0.326 e. The Hall–Kier alpha value is -1.14. The summed E-state index contributed by atoms with van der Waals surface area (Å²) < 4.78 is 0. The van der Waals surface area contributed by atoms with Gasteiger partial charge in [0.1, 0.15) is 6.04 Å². The lowest BCUT2D eigenvalue weighted by Gasteiger charge is -2.28. The van der Waals surface area contributed by atoms with E-state index in [9.17, 15) is 4.79 Å². The van der Waals surface area contributed by atoms with Gasteiger partial charge in [-0.2, -0.15) is 0 Å². The van der Waals surface area contributed by atoms with Gasteiger partial charge in [0, 0.05) is 11.4 Å². The molecule has 6 heteroatoms. The molecule has 0 aliphatic heterocycles. The molecule has 5 unspecified atom stereocenters. The Morgan fingerprint density at radius 2 is 2.35 bits per heavy atom. The lowest BCUT2D eigenvalue weighted by molar-refractivity contribution is -0.138. The highest BCUT2D eigenvalue weighted by Crippen LogP contribution is 2.49. The van der Waals surface area contributed by atoms with Crippen LogP contribution in [0.4, 0.5) is 5.13 Å². The third kappa shape index (κ3) is 2.54. The zero-order valence-electron chi connectivity index (χ0n) is 11.6. The maximum absolute atomic E-state index is 10.8. The van der Waals surface area contributed by atoms with Crippen LogP contribution in [-0.4, -0.2) is 22.1 Å². The molecule has 2 aliphatic rings. The number of anilines is 1. The summed E-state index contributed by atoms with van der Waals surface area (Å²) in [4.78, 5) is 15.2. The van der Waals surface area contributed by atoms with Crippen molar-refractivity contribution < 1.29 is 9.90 Å². The number of aliphatic carboxylic acids is 1. The number of carboxylic acid groups (broad SMARTS) is 1. The van der Waals surface area contributed by atoms with Gasteiger partial charge in [-0.15, -0.1) is 11.3 Å². The Kier molecular flexibility index (Phi) is 3.69. The Bertz CT molecular complexity index is 504. The van der Waals surface area contributed by atoms with E-state index >= 15 is 0 Å². The molecule has 0 amide bonds. The van der Waals surface area contributed by atoms with Crippen LogP contribution in [0.2, 0.25) is 0 Å². The molecule has 1 aromatic rings. The van der Waals surface area contributed by atoms with Crippen LogP contribution in [0, 0.1) is 17.8 Å². The fourth-order valence-electron chi connectivity index (χ4n) is 3.83. The third-order valence-electron chi connectivity index (χ3n) is 4.89. The minimum atomic E-state index is -1.04. The quantitative estimate of drug-likeness (QED) is 0.776. The molecular weight excluding hydrogens is 274 g/mol. The van der Waals surface area contributed by atoms with E-state index in [1.54, 1.807) is 5.38 Å². The predicted octanol–water partition coefficient (Wildman–Crippen LogP) is 2.46. The maximum atomic E-state index is 10.8. The van der Waals surface area contributed by atoms with E-state index in [0.29, 0.717) is 11.7 Å². The summed E-state index contributed by atoms with van der Waals surface area (Å²) in [6, 6.07) is -0.634. The van der Waals surface area contributed by atoms with Crippen molar-refractivity contribution in [2.24, 2.45) is 23.5 Å². The van der Waals surface area contributed by atoms with Crippen LogP contribution in [0.1, 0.15) is 44.3 Å². The number of hydrogen-bond donors (Lipinski definition) is 3. The molecule has 2 saturated carbocycles. The Morgan fingerprint density at radius 3 is 2.95 bits per heavy atom. The van der Waals surface area contributed by atoms with Crippen LogP contribution < -0.4 is 11.1 Å². The summed E-state index contributed by atoms with van der Waals surface area (Å²) in [5.74, 6) is 1.49. The van der Waals surface area contributed by atoms with Crippen LogP contribution in [0.3, 0.4) is 0 Å². The standard InChI is InChI=1S/C14H21N3O2S/c1-7(10-5-8-2-3-9(10)4-8)16-14-17-11(6-20-14)12(15)13(18)19/h6-10,12H,2-5,15H2,1H3,(H,16,17)(H,18,19). The van der Waals surface area contributed by atoms with Crippen molar-refractivity contribution >= 4 is 22.4 Å². The van der Waals surface area contributed by atoms with Crippen LogP contribution in [0.25, 0.3) is 0 Å². The second kappa shape index (κ2) is 5.33. The molecule has 2 fully saturated rings. The normalized spacial score (nSPS) is 31.2. The average Bonchev–Trinajstić information content (AvgIpc) is 3.13. The monoisotopic (exact) mass is 295 g/mol. The molecule has 2 aliphatic carbocycles. The molecule has 0 spiro atoms. The largest absolute Gasteiger partial charge is 0.480 e. The van der Waals surface area contributed by atoms with E-state index in [1.807, 2.05) is 0 Å². The van der Waals surface area contributed by atoms with Gasteiger partial charge in [-0.05, 0) is 43.9 Å². The molecule has 1 heterocycles. The average molecular weight is 295 g/mol. The Balaban J connectivity index is 1.62. The molecule has 1 aromatic heterocycles. The van der Waals surface area contributed by atoms with Crippen LogP contribution in [0.5, 0.6) is 0 Å². The van der Waals surface area contributed by atoms with Crippen LogP contribution in [-0.2, 0) is 4.79 Å². The SMILES string of the molecule is CC(Nc1nc(C(N)C(=O)O)cs1)C1CC2CCC1C2. The number of carbonyl (C=O) groups is 1. The van der Waals surface area contributed by atoms with Gasteiger partial charge in [0.2, 0.25) is 0 Å². The predicted molar refractivity (Wildman–Crippen MR) is 78.7 cm³/mol. The molecule has 0 radical (unpaired) electrons. The lowest BCUT2D eigenvalue weighted by Crippen LogP contribution is -2.30. The van der Waals surface area contributed by atoms with Crippen LogP contribution in [0.15, 0.2) is 5.38 Å². The highest BCUT2D eigenvalue weighted by molar-refractivity contribution is 7.13. The van der Waals surface area contributed by atoms with Gasteiger partial charge in [0.15, 0.2) is 5.13 Å². The minimum Gasteiger partial charge on any atom is -0.480 e. The Labute approximate surface area is 122 Å². The number of hydrogen-bond acceptors (Lipinski definition) is 5. The van der Waals surface area contributed by atoms with Crippen LogP contribution >= 0.6 is 11.3 Å². The first-order chi connectivity index (χ1) is 9.54. The van der Waals surface area contributed by atoms with Gasteiger partial charge in [-0.25, -0.2) is 4.98 Å². The van der Waals surface area contributed by atoms with Crippen molar-refractivity contribution in [2.75, 3.05) is 5.32 Å². The van der Waals surface area contributed by atoms with Gasteiger partial charge in [-0.1, -0.05) is 6.42 Å². The van der Waals surface area contributed by atoms with Crippen molar-refractivity contribution in [3.8, 4) is 0 Å². The lowest BCUT2D eigenvalue weighted by atomic mass is 9.84. The first-order valence-electron chi connectivity index (χ1n) is 7.25. The topological polar surface area (TPSA) is 88.2 Å². The van der Waals surface area contributed by atoms with E-state index in [-0.39, 0.29) is 0 Å². The molecule has 5 nitrogen and oxygen atoms in total. The summed E-state index contributed by atoms with van der Waals surface area (Å²) >= 11 is 1.44. The minimum absolute atomic E-state index is 0.394. The summed E-state index contributed by atoms with van der Waals surface area (Å²) in [6.07, 6.45) is 5.49. The zero-order chi connectivity index (χ0) is 14.3. The number of nitrogens with two attached hydrogens (primary N) is 1. The zero-order valence-corrected chi connectivity index (χ0v) is 12.4. The summed E-state index contributed by atoms with van der Waals surface area (Å²) in [5.41, 5.74) is 6.01. The van der Waals surface area contributed by atoms with Gasteiger partial charge in [0.25, 0.3) is 0 Å².